The molecule has 0 atom stereocenters. The van der Waals surface area contributed by atoms with E-state index < -0.39 is 3.79 Å². The molecule has 0 spiro atoms. The van der Waals surface area contributed by atoms with Gasteiger partial charge in [-0.2, -0.15) is 0 Å². The van der Waals surface area contributed by atoms with E-state index in [2.05, 4.69) is 0 Å². The summed E-state index contributed by atoms with van der Waals surface area (Å²) in [5.41, 5.74) is 0. The van der Waals surface area contributed by atoms with Crippen molar-refractivity contribution in [3.05, 3.63) is 0 Å². The van der Waals surface area contributed by atoms with Crippen LogP contribution < -0.4 is 0 Å². The summed E-state index contributed by atoms with van der Waals surface area (Å²) in [6.45, 7) is 0. The van der Waals surface area contributed by atoms with Gasteiger partial charge in [0.05, 0.1) is 0 Å². The van der Waals surface area contributed by atoms with Crippen molar-refractivity contribution in [2.45, 2.75) is 40.7 Å². The lowest BCUT2D eigenvalue weighted by atomic mass is 10.2. The van der Waals surface area contributed by atoms with Crippen LogP contribution in [0.5, 0.6) is 0 Å². The maximum atomic E-state index is 5.55. The second-order valence-electron chi connectivity index (χ2n) is 2.61. The molecular weight excluding hydrogens is 261 g/mol. The molecule has 5 heteroatoms. The molecule has 0 saturated carbocycles. The van der Waals surface area contributed by atoms with Gasteiger partial charge >= 0.3 is 0 Å². The number of halogens is 5. The van der Waals surface area contributed by atoms with E-state index in [4.69, 9.17) is 58.0 Å². The van der Waals surface area contributed by atoms with Gasteiger partial charge in [0.25, 0.3) is 0 Å². The highest BCUT2D eigenvalue weighted by molar-refractivity contribution is 6.67. The molecule has 12 heavy (non-hydrogen) atoms. The molecule has 0 bridgehead atoms. The third kappa shape index (κ3) is 11.4. The Bertz CT molecular complexity index is 107. The minimum absolute atomic E-state index is 0.266. The van der Waals surface area contributed by atoms with E-state index in [1.54, 1.807) is 0 Å². The van der Waals surface area contributed by atoms with Crippen LogP contribution in [0.3, 0.4) is 0 Å². The first-order valence-corrected chi connectivity index (χ1v) is 5.77. The fourth-order valence-corrected chi connectivity index (χ4v) is 1.51. The summed E-state index contributed by atoms with van der Waals surface area (Å²) in [4.78, 5) is -0.266. The predicted molar refractivity (Wildman–Crippen MR) is 58.9 cm³/mol. The van der Waals surface area contributed by atoms with Gasteiger partial charge in [0.1, 0.15) is 4.84 Å². The van der Waals surface area contributed by atoms with Crippen molar-refractivity contribution in [2.24, 2.45) is 0 Å². The van der Waals surface area contributed by atoms with Crippen molar-refractivity contribution >= 4 is 58.0 Å². The number of rotatable bonds is 5. The molecule has 0 radical (unpaired) electrons. The molecule has 0 fully saturated rings. The molecule has 0 aromatic heterocycles. The van der Waals surface area contributed by atoms with Crippen LogP contribution in [0.4, 0.5) is 0 Å². The molecule has 74 valence electrons. The van der Waals surface area contributed by atoms with Crippen LogP contribution in [0.15, 0.2) is 0 Å². The second kappa shape index (κ2) is 6.84. The highest BCUT2D eigenvalue weighted by Crippen LogP contribution is 2.32. The third-order valence-corrected chi connectivity index (χ3v) is 2.39. The summed E-state index contributed by atoms with van der Waals surface area (Å²) in [6.07, 6.45) is 4.29. The van der Waals surface area contributed by atoms with Crippen LogP contribution in [0.2, 0.25) is 0 Å². The molecular formula is C7H11Cl5. The first kappa shape index (κ1) is 13.4. The van der Waals surface area contributed by atoms with Gasteiger partial charge in [0.15, 0.2) is 3.79 Å². The minimum atomic E-state index is -1.11. The van der Waals surface area contributed by atoms with E-state index >= 15 is 0 Å². The average Bonchev–Trinajstić information content (AvgIpc) is 1.83. The molecule has 0 N–H and O–H groups in total. The van der Waals surface area contributed by atoms with Crippen LogP contribution in [0, 0.1) is 0 Å². The molecule has 0 amide bonds. The van der Waals surface area contributed by atoms with Crippen molar-refractivity contribution in [1.29, 1.82) is 0 Å². The van der Waals surface area contributed by atoms with E-state index in [1.165, 1.54) is 0 Å². The Labute approximate surface area is 98.4 Å². The van der Waals surface area contributed by atoms with Gasteiger partial charge in [0, 0.05) is 0 Å². The van der Waals surface area contributed by atoms with Crippen molar-refractivity contribution in [1.82, 2.24) is 0 Å². The number of hydrogen-bond acceptors (Lipinski definition) is 0. The smallest absolute Gasteiger partial charge is 0.105 e. The van der Waals surface area contributed by atoms with Crippen molar-refractivity contribution in [3.63, 3.8) is 0 Å². The van der Waals surface area contributed by atoms with Crippen LogP contribution in [-0.2, 0) is 0 Å². The van der Waals surface area contributed by atoms with Crippen LogP contribution >= 0.6 is 58.0 Å². The van der Waals surface area contributed by atoms with E-state index in [0.29, 0.717) is 6.42 Å². The van der Waals surface area contributed by atoms with Gasteiger partial charge in [-0.25, -0.2) is 0 Å². The van der Waals surface area contributed by atoms with Crippen LogP contribution in [0.1, 0.15) is 32.1 Å². The molecule has 0 unspecified atom stereocenters. The maximum absolute atomic E-state index is 5.55. The quantitative estimate of drug-likeness (QED) is 0.482. The molecule has 0 aromatic rings. The Hall–Kier alpha value is 1.45. The zero-order valence-electron chi connectivity index (χ0n) is 6.50. The van der Waals surface area contributed by atoms with Gasteiger partial charge in [-0.05, 0) is 19.3 Å². The summed E-state index contributed by atoms with van der Waals surface area (Å²) in [5.74, 6) is 0. The highest BCUT2D eigenvalue weighted by atomic mass is 35.6. The lowest BCUT2D eigenvalue weighted by molar-refractivity contribution is 0.634. The Morgan fingerprint density at radius 2 is 1.50 bits per heavy atom. The van der Waals surface area contributed by atoms with E-state index in [0.717, 1.165) is 25.7 Å². The van der Waals surface area contributed by atoms with E-state index in [1.807, 2.05) is 0 Å². The zero-order valence-corrected chi connectivity index (χ0v) is 10.3. The molecule has 0 aromatic carbocycles. The number of unbranched alkanes of at least 4 members (excludes halogenated alkanes) is 2. The first-order chi connectivity index (χ1) is 5.42. The largest absolute Gasteiger partial charge is 0.190 e. The van der Waals surface area contributed by atoms with Crippen molar-refractivity contribution in [2.75, 3.05) is 0 Å². The van der Waals surface area contributed by atoms with Crippen LogP contribution in [-0.4, -0.2) is 8.63 Å². The molecule has 0 aliphatic rings. The number of alkyl halides is 5. The summed E-state index contributed by atoms with van der Waals surface area (Å²) < 4.78 is -1.11. The topological polar surface area (TPSA) is 0 Å². The van der Waals surface area contributed by atoms with Crippen molar-refractivity contribution < 1.29 is 0 Å². The van der Waals surface area contributed by atoms with Crippen LogP contribution in [0.25, 0.3) is 0 Å². The average molecular weight is 272 g/mol. The molecule has 0 aliphatic heterocycles. The monoisotopic (exact) mass is 270 g/mol. The van der Waals surface area contributed by atoms with Gasteiger partial charge in [-0.1, -0.05) is 47.6 Å². The lowest BCUT2D eigenvalue weighted by Gasteiger charge is -2.09. The van der Waals surface area contributed by atoms with Gasteiger partial charge in [-0.15, -0.1) is 23.2 Å². The highest BCUT2D eigenvalue weighted by Gasteiger charge is 2.17. The number of hydrogen-bond donors (Lipinski definition) is 0. The van der Waals surface area contributed by atoms with Crippen molar-refractivity contribution in [3.8, 4) is 0 Å². The summed E-state index contributed by atoms with van der Waals surface area (Å²) in [5, 5.41) is 0. The fraction of sp³-hybridized carbons (Fsp3) is 1.00. The first-order valence-electron chi connectivity index (χ1n) is 3.77. The normalized spacial score (nSPS) is 12.5. The minimum Gasteiger partial charge on any atom is -0.105 e. The Kier molecular flexibility index (Phi) is 7.66. The summed E-state index contributed by atoms with van der Waals surface area (Å²) >= 11 is 27.7. The van der Waals surface area contributed by atoms with Gasteiger partial charge in [0.2, 0.25) is 0 Å². The van der Waals surface area contributed by atoms with Gasteiger partial charge < -0.3 is 0 Å². The lowest BCUT2D eigenvalue weighted by Crippen LogP contribution is -2.01. The van der Waals surface area contributed by atoms with Gasteiger partial charge in [-0.3, -0.25) is 0 Å². The summed E-state index contributed by atoms with van der Waals surface area (Å²) in [7, 11) is 0. The molecule has 0 aliphatic carbocycles. The Morgan fingerprint density at radius 1 is 0.917 bits per heavy atom. The Balaban J connectivity index is 3.12. The standard InChI is InChI=1S/C7H11Cl5/c8-6(9)4-2-1-3-5-7(10,11)12/h6H,1-5H2. The van der Waals surface area contributed by atoms with E-state index in [9.17, 15) is 0 Å². The zero-order chi connectivity index (χ0) is 9.61. The summed E-state index contributed by atoms with van der Waals surface area (Å²) in [6, 6.07) is 0. The second-order valence-corrected chi connectivity index (χ2v) is 6.40. The Morgan fingerprint density at radius 3 is 1.92 bits per heavy atom. The van der Waals surface area contributed by atoms with E-state index in [-0.39, 0.29) is 4.84 Å². The SMILES string of the molecule is ClC(Cl)CCCCCC(Cl)(Cl)Cl. The molecule has 0 heterocycles. The fourth-order valence-electron chi connectivity index (χ4n) is 0.801. The molecule has 0 rings (SSSR count). The predicted octanol–water partition coefficient (Wildman–Crippen LogP) is 5.11. The third-order valence-electron chi connectivity index (χ3n) is 1.38. The molecule has 0 saturated heterocycles. The molecule has 0 nitrogen and oxygen atoms in total. The maximum Gasteiger partial charge on any atom is 0.190 e.